The number of hydrogen-bond donors (Lipinski definition) is 0. The number of rotatable bonds is 1. The fourth-order valence-corrected chi connectivity index (χ4v) is 1.54. The number of furan rings is 1. The van der Waals surface area contributed by atoms with Crippen LogP contribution in [0.1, 0.15) is 21.5 Å². The summed E-state index contributed by atoms with van der Waals surface area (Å²) in [5, 5.41) is 9.53. The molecule has 0 saturated heterocycles. The van der Waals surface area contributed by atoms with Gasteiger partial charge in [0.2, 0.25) is 0 Å². The van der Waals surface area contributed by atoms with Crippen molar-refractivity contribution < 1.29 is 9.21 Å². The highest BCUT2D eigenvalue weighted by Gasteiger charge is 2.11. The number of carbonyl (C=O) groups excluding carboxylic acids is 1. The van der Waals surface area contributed by atoms with E-state index in [4.69, 9.17) is 9.68 Å². The lowest BCUT2D eigenvalue weighted by molar-refractivity contribution is 0.112. The minimum absolute atomic E-state index is 0.386. The molecule has 0 atom stereocenters. The van der Waals surface area contributed by atoms with E-state index < -0.39 is 0 Å². The molecule has 1 aromatic carbocycles. The number of aryl methyl sites for hydroxylation is 1. The summed E-state index contributed by atoms with van der Waals surface area (Å²) in [6.45, 7) is 1.85. The van der Waals surface area contributed by atoms with Crippen LogP contribution in [-0.2, 0) is 0 Å². The topological polar surface area (TPSA) is 54.0 Å². The van der Waals surface area contributed by atoms with Crippen LogP contribution >= 0.6 is 0 Å². The van der Waals surface area contributed by atoms with Crippen LogP contribution in [0.5, 0.6) is 0 Å². The highest BCUT2D eigenvalue weighted by atomic mass is 16.3. The van der Waals surface area contributed by atoms with Gasteiger partial charge in [-0.3, -0.25) is 4.79 Å². The molecule has 0 fully saturated rings. The summed E-state index contributed by atoms with van der Waals surface area (Å²) in [5.41, 5.74) is 2.32. The third-order valence-electron chi connectivity index (χ3n) is 2.20. The molecule has 0 spiro atoms. The molecule has 3 nitrogen and oxygen atoms in total. The van der Waals surface area contributed by atoms with Gasteiger partial charge in [-0.25, -0.2) is 0 Å². The second-order valence-electron chi connectivity index (χ2n) is 3.05. The third-order valence-corrected chi connectivity index (χ3v) is 2.20. The minimum Gasteiger partial charge on any atom is -0.464 e. The maximum Gasteiger partial charge on any atom is 0.152 e. The van der Waals surface area contributed by atoms with E-state index in [1.54, 1.807) is 18.4 Å². The van der Waals surface area contributed by atoms with Gasteiger partial charge in [0.25, 0.3) is 0 Å². The van der Waals surface area contributed by atoms with E-state index in [9.17, 15) is 4.79 Å². The molecule has 0 aliphatic heterocycles. The van der Waals surface area contributed by atoms with E-state index in [2.05, 4.69) is 0 Å². The van der Waals surface area contributed by atoms with Crippen LogP contribution in [0.25, 0.3) is 11.0 Å². The summed E-state index contributed by atoms with van der Waals surface area (Å²) in [7, 11) is 0. The molecule has 2 rings (SSSR count). The molecule has 0 unspecified atom stereocenters. The van der Waals surface area contributed by atoms with Crippen molar-refractivity contribution >= 4 is 17.3 Å². The Hall–Kier alpha value is -2.08. The molecule has 0 aliphatic rings. The number of carbonyl (C=O) groups is 1. The lowest BCUT2D eigenvalue weighted by atomic mass is 10.0. The molecule has 68 valence electrons. The molecule has 0 saturated carbocycles. The first-order valence-electron chi connectivity index (χ1n) is 4.14. The SMILES string of the molecule is Cc1coc2ccc(C#N)c(C=O)c12. The molecular formula is C11H7NO2. The zero-order valence-electron chi connectivity index (χ0n) is 7.57. The normalized spacial score (nSPS) is 10.0. The molecule has 0 N–H and O–H groups in total. The second-order valence-corrected chi connectivity index (χ2v) is 3.05. The van der Waals surface area contributed by atoms with E-state index in [1.807, 2.05) is 13.0 Å². The summed E-state index contributed by atoms with van der Waals surface area (Å²) < 4.78 is 5.22. The maximum absolute atomic E-state index is 10.9. The maximum atomic E-state index is 10.9. The smallest absolute Gasteiger partial charge is 0.152 e. The van der Waals surface area contributed by atoms with Gasteiger partial charge in [0.15, 0.2) is 6.29 Å². The van der Waals surface area contributed by atoms with E-state index >= 15 is 0 Å². The van der Waals surface area contributed by atoms with Crippen molar-refractivity contribution in [1.29, 1.82) is 5.26 Å². The first kappa shape index (κ1) is 8.52. The minimum atomic E-state index is 0.386. The van der Waals surface area contributed by atoms with Gasteiger partial charge in [0, 0.05) is 10.9 Å². The number of nitriles is 1. The van der Waals surface area contributed by atoms with Crippen molar-refractivity contribution in [1.82, 2.24) is 0 Å². The van der Waals surface area contributed by atoms with Gasteiger partial charge < -0.3 is 4.42 Å². The standard InChI is InChI=1S/C11H7NO2/c1-7-6-14-10-3-2-8(4-12)9(5-13)11(7)10/h2-3,5-6H,1H3. The molecule has 0 bridgehead atoms. The third kappa shape index (κ3) is 1.01. The van der Waals surface area contributed by atoms with Crippen molar-refractivity contribution in [3.63, 3.8) is 0 Å². The first-order valence-corrected chi connectivity index (χ1v) is 4.14. The quantitative estimate of drug-likeness (QED) is 0.641. The van der Waals surface area contributed by atoms with Gasteiger partial charge in [0.05, 0.1) is 17.9 Å². The van der Waals surface area contributed by atoms with E-state index in [0.29, 0.717) is 23.0 Å². The van der Waals surface area contributed by atoms with Gasteiger partial charge in [-0.15, -0.1) is 0 Å². The average molecular weight is 185 g/mol. The van der Waals surface area contributed by atoms with Gasteiger partial charge in [-0.2, -0.15) is 5.26 Å². The molecule has 3 heteroatoms. The molecule has 2 aromatic rings. The summed E-state index contributed by atoms with van der Waals surface area (Å²) in [4.78, 5) is 10.9. The highest BCUT2D eigenvalue weighted by Crippen LogP contribution is 2.25. The number of hydrogen-bond acceptors (Lipinski definition) is 3. The monoisotopic (exact) mass is 185 g/mol. The number of aldehydes is 1. The van der Waals surface area contributed by atoms with Gasteiger partial charge >= 0.3 is 0 Å². The van der Waals surface area contributed by atoms with Crippen LogP contribution in [-0.4, -0.2) is 6.29 Å². The molecule has 14 heavy (non-hydrogen) atoms. The number of nitrogens with zero attached hydrogens (tertiary/aromatic N) is 1. The van der Waals surface area contributed by atoms with Crippen molar-refractivity contribution in [2.24, 2.45) is 0 Å². The Morgan fingerprint density at radius 2 is 2.29 bits per heavy atom. The predicted octanol–water partition coefficient (Wildman–Crippen LogP) is 2.43. The largest absolute Gasteiger partial charge is 0.464 e. The van der Waals surface area contributed by atoms with Crippen LogP contribution in [0.2, 0.25) is 0 Å². The van der Waals surface area contributed by atoms with E-state index in [0.717, 1.165) is 10.9 Å². The molecular weight excluding hydrogens is 178 g/mol. The first-order chi connectivity index (χ1) is 6.77. The van der Waals surface area contributed by atoms with E-state index in [1.165, 1.54) is 0 Å². The van der Waals surface area contributed by atoms with Gasteiger partial charge in [-0.1, -0.05) is 0 Å². The lowest BCUT2D eigenvalue weighted by Gasteiger charge is -1.97. The molecule has 0 amide bonds. The molecule has 0 aliphatic carbocycles. The van der Waals surface area contributed by atoms with Crippen LogP contribution in [0.3, 0.4) is 0 Å². The van der Waals surface area contributed by atoms with Crippen molar-refractivity contribution in [2.75, 3.05) is 0 Å². The van der Waals surface area contributed by atoms with E-state index in [-0.39, 0.29) is 0 Å². The van der Waals surface area contributed by atoms with Crippen molar-refractivity contribution in [3.05, 3.63) is 35.1 Å². The number of benzene rings is 1. The Balaban J connectivity index is 2.97. The molecule has 0 radical (unpaired) electrons. The van der Waals surface area contributed by atoms with Crippen LogP contribution in [0.4, 0.5) is 0 Å². The molecule has 1 heterocycles. The van der Waals surface area contributed by atoms with Crippen LogP contribution < -0.4 is 0 Å². The van der Waals surface area contributed by atoms with Gasteiger partial charge in [-0.05, 0) is 24.6 Å². The Labute approximate surface area is 80.6 Å². The Morgan fingerprint density at radius 1 is 1.50 bits per heavy atom. The van der Waals surface area contributed by atoms with Crippen LogP contribution in [0, 0.1) is 18.3 Å². The van der Waals surface area contributed by atoms with Crippen molar-refractivity contribution in [2.45, 2.75) is 6.92 Å². The fraction of sp³-hybridized carbons (Fsp3) is 0.0909. The zero-order chi connectivity index (χ0) is 10.1. The average Bonchev–Trinajstić information content (AvgIpc) is 2.59. The summed E-state index contributed by atoms with van der Waals surface area (Å²) in [6.07, 6.45) is 2.28. The zero-order valence-corrected chi connectivity index (χ0v) is 7.57. The Bertz CT molecular complexity index is 546. The summed E-state index contributed by atoms with van der Waals surface area (Å²) in [6, 6.07) is 5.28. The fourth-order valence-electron chi connectivity index (χ4n) is 1.54. The Morgan fingerprint density at radius 3 is 2.93 bits per heavy atom. The number of fused-ring (bicyclic) bond motifs is 1. The van der Waals surface area contributed by atoms with Crippen molar-refractivity contribution in [3.8, 4) is 6.07 Å². The Kier molecular flexibility index (Phi) is 1.83. The van der Waals surface area contributed by atoms with Gasteiger partial charge in [0.1, 0.15) is 5.58 Å². The molecule has 1 aromatic heterocycles. The summed E-state index contributed by atoms with van der Waals surface area (Å²) >= 11 is 0. The lowest BCUT2D eigenvalue weighted by Crippen LogP contribution is -1.88. The highest BCUT2D eigenvalue weighted by molar-refractivity contribution is 6.00. The summed E-state index contributed by atoms with van der Waals surface area (Å²) in [5.74, 6) is 0. The predicted molar refractivity (Wildman–Crippen MR) is 51.1 cm³/mol. The van der Waals surface area contributed by atoms with Crippen LogP contribution in [0.15, 0.2) is 22.8 Å². The second kappa shape index (κ2) is 3.00.